The van der Waals surface area contributed by atoms with Gasteiger partial charge in [0.15, 0.2) is 0 Å². The Kier molecular flexibility index (Phi) is 4.76. The Labute approximate surface area is 123 Å². The highest BCUT2D eigenvalue weighted by atomic mass is 35.5. The number of aromatic nitrogens is 1. The smallest absolute Gasteiger partial charge is 0.270 e. The average molecular weight is 304 g/mol. The molecule has 1 amide bonds. The summed E-state index contributed by atoms with van der Waals surface area (Å²) in [7, 11) is 1.82. The van der Waals surface area contributed by atoms with E-state index in [-0.39, 0.29) is 11.9 Å². The molecule has 1 fully saturated rings. The zero-order chi connectivity index (χ0) is 14.0. The van der Waals surface area contributed by atoms with Crippen molar-refractivity contribution < 1.29 is 4.79 Å². The van der Waals surface area contributed by atoms with Gasteiger partial charge in [-0.15, -0.1) is 0 Å². The summed E-state index contributed by atoms with van der Waals surface area (Å²) in [5.74, 6) is 0.294. The van der Waals surface area contributed by atoms with Crippen LogP contribution in [0.1, 0.15) is 36.2 Å². The third-order valence-electron chi connectivity index (χ3n) is 3.95. The van der Waals surface area contributed by atoms with E-state index in [2.05, 4.69) is 4.98 Å². The summed E-state index contributed by atoms with van der Waals surface area (Å²) in [5, 5.41) is 0.676. The fourth-order valence-electron chi connectivity index (χ4n) is 2.83. The van der Waals surface area contributed by atoms with Gasteiger partial charge in [-0.1, -0.05) is 36.0 Å². The topological polar surface area (TPSA) is 62.1 Å². The molecule has 4 nitrogen and oxygen atoms in total. The minimum absolute atomic E-state index is 0.0841. The number of H-pyrrole nitrogens is 1. The Balaban J connectivity index is 2.13. The van der Waals surface area contributed by atoms with Gasteiger partial charge in [0, 0.05) is 13.1 Å². The minimum Gasteiger partial charge on any atom is -0.340 e. The lowest BCUT2D eigenvalue weighted by Gasteiger charge is -2.37. The Morgan fingerprint density at radius 1 is 1.47 bits per heavy atom. The summed E-state index contributed by atoms with van der Waals surface area (Å²) >= 11 is 11.7. The monoisotopic (exact) mass is 303 g/mol. The van der Waals surface area contributed by atoms with Gasteiger partial charge in [0.2, 0.25) is 0 Å². The lowest BCUT2D eigenvalue weighted by atomic mass is 9.83. The van der Waals surface area contributed by atoms with Crippen molar-refractivity contribution in [2.24, 2.45) is 11.7 Å². The van der Waals surface area contributed by atoms with Crippen LogP contribution in [0.5, 0.6) is 0 Å². The van der Waals surface area contributed by atoms with E-state index < -0.39 is 0 Å². The van der Waals surface area contributed by atoms with E-state index in [4.69, 9.17) is 28.9 Å². The predicted octanol–water partition coefficient (Wildman–Crippen LogP) is 2.91. The molecule has 0 aliphatic heterocycles. The molecule has 6 heteroatoms. The quantitative estimate of drug-likeness (QED) is 0.902. The van der Waals surface area contributed by atoms with E-state index >= 15 is 0 Å². The number of carbonyl (C=O) groups excluding carboxylic acids is 1. The molecule has 106 valence electrons. The summed E-state index contributed by atoms with van der Waals surface area (Å²) in [5.41, 5.74) is 6.24. The highest BCUT2D eigenvalue weighted by Crippen LogP contribution is 2.29. The van der Waals surface area contributed by atoms with Crippen molar-refractivity contribution in [2.45, 2.75) is 31.7 Å². The number of rotatable bonds is 3. The second-order valence-corrected chi connectivity index (χ2v) is 5.89. The Morgan fingerprint density at radius 3 is 2.74 bits per heavy atom. The van der Waals surface area contributed by atoms with Crippen LogP contribution in [-0.4, -0.2) is 35.4 Å². The van der Waals surface area contributed by atoms with Crippen molar-refractivity contribution >= 4 is 29.1 Å². The molecular weight excluding hydrogens is 285 g/mol. The van der Waals surface area contributed by atoms with Gasteiger partial charge in [-0.25, -0.2) is 0 Å². The van der Waals surface area contributed by atoms with Crippen LogP contribution < -0.4 is 5.73 Å². The number of nitrogens with two attached hydrogens (primary N) is 1. The van der Waals surface area contributed by atoms with Crippen molar-refractivity contribution in [3.8, 4) is 0 Å². The fraction of sp³-hybridized carbons (Fsp3) is 0.615. The number of amides is 1. The SMILES string of the molecule is CN(C(=O)c1cc(Cl)c(Cl)[nH]1)C1CCCCC1CN. The number of carbonyl (C=O) groups is 1. The summed E-state index contributed by atoms with van der Waals surface area (Å²) in [6.45, 7) is 0.620. The van der Waals surface area contributed by atoms with Gasteiger partial charge in [-0.2, -0.15) is 0 Å². The van der Waals surface area contributed by atoms with Crippen LogP contribution in [0.2, 0.25) is 10.2 Å². The van der Waals surface area contributed by atoms with E-state index in [0.717, 1.165) is 19.3 Å². The molecule has 2 atom stereocenters. The number of nitrogens with one attached hydrogen (secondary N) is 1. The van der Waals surface area contributed by atoms with E-state index in [0.29, 0.717) is 28.3 Å². The zero-order valence-electron chi connectivity index (χ0n) is 11.0. The Hall–Kier alpha value is -0.710. The van der Waals surface area contributed by atoms with Crippen molar-refractivity contribution in [1.82, 2.24) is 9.88 Å². The first kappa shape index (κ1) is 14.7. The summed E-state index contributed by atoms with van der Waals surface area (Å²) in [6, 6.07) is 1.77. The van der Waals surface area contributed by atoms with Crippen LogP contribution >= 0.6 is 23.2 Å². The molecule has 0 aromatic carbocycles. The summed E-state index contributed by atoms with van der Waals surface area (Å²) in [4.78, 5) is 17.0. The van der Waals surface area contributed by atoms with Crippen LogP contribution in [0.4, 0.5) is 0 Å². The first-order chi connectivity index (χ1) is 9.04. The summed E-state index contributed by atoms with van der Waals surface area (Å²) < 4.78 is 0. The van der Waals surface area contributed by atoms with Crippen LogP contribution in [0.25, 0.3) is 0 Å². The average Bonchev–Trinajstić information content (AvgIpc) is 2.77. The van der Waals surface area contributed by atoms with Crippen LogP contribution in [0.15, 0.2) is 6.07 Å². The number of halogens is 2. The minimum atomic E-state index is -0.0841. The largest absolute Gasteiger partial charge is 0.340 e. The second kappa shape index (κ2) is 6.16. The fourth-order valence-corrected chi connectivity index (χ4v) is 3.15. The van der Waals surface area contributed by atoms with Gasteiger partial charge < -0.3 is 15.6 Å². The van der Waals surface area contributed by atoms with Crippen LogP contribution in [-0.2, 0) is 0 Å². The molecular formula is C13H19Cl2N3O. The summed E-state index contributed by atoms with van der Waals surface area (Å²) in [6.07, 6.45) is 4.43. The third-order valence-corrected chi connectivity index (χ3v) is 4.64. The molecule has 1 aliphatic carbocycles. The standard InChI is InChI=1S/C13H19Cl2N3O/c1-18(11-5-3-2-4-8(11)7-16)13(19)10-6-9(14)12(15)17-10/h6,8,11,17H,2-5,7,16H2,1H3. The normalized spacial score (nSPS) is 23.4. The number of hydrogen-bond acceptors (Lipinski definition) is 2. The number of aromatic amines is 1. The molecule has 1 heterocycles. The highest BCUT2D eigenvalue weighted by Gasteiger charge is 2.30. The molecule has 0 bridgehead atoms. The molecule has 0 saturated heterocycles. The number of nitrogens with zero attached hydrogens (tertiary/aromatic N) is 1. The molecule has 0 spiro atoms. The third kappa shape index (κ3) is 3.07. The second-order valence-electron chi connectivity index (χ2n) is 5.11. The molecule has 0 radical (unpaired) electrons. The molecule has 3 N–H and O–H groups in total. The van der Waals surface area contributed by atoms with Crippen molar-refractivity contribution in [1.29, 1.82) is 0 Å². The van der Waals surface area contributed by atoms with Crippen LogP contribution in [0.3, 0.4) is 0 Å². The van der Waals surface area contributed by atoms with Gasteiger partial charge in [0.25, 0.3) is 5.91 Å². The Morgan fingerprint density at radius 2 is 2.16 bits per heavy atom. The molecule has 2 unspecified atom stereocenters. The maximum absolute atomic E-state index is 12.4. The molecule has 1 aromatic rings. The zero-order valence-corrected chi connectivity index (χ0v) is 12.5. The molecule has 1 aromatic heterocycles. The van der Waals surface area contributed by atoms with Crippen LogP contribution in [0, 0.1) is 5.92 Å². The van der Waals surface area contributed by atoms with Gasteiger partial charge in [-0.05, 0) is 31.4 Å². The van der Waals surface area contributed by atoms with Crippen molar-refractivity contribution in [3.05, 3.63) is 21.9 Å². The highest BCUT2D eigenvalue weighted by molar-refractivity contribution is 6.41. The van der Waals surface area contributed by atoms with Gasteiger partial charge in [0.05, 0.1) is 5.02 Å². The molecule has 2 rings (SSSR count). The maximum atomic E-state index is 12.4. The number of hydrogen-bond donors (Lipinski definition) is 2. The van der Waals surface area contributed by atoms with Crippen molar-refractivity contribution in [2.75, 3.05) is 13.6 Å². The van der Waals surface area contributed by atoms with E-state index in [1.165, 1.54) is 6.42 Å². The molecule has 19 heavy (non-hydrogen) atoms. The van der Waals surface area contributed by atoms with Gasteiger partial charge >= 0.3 is 0 Å². The van der Waals surface area contributed by atoms with Gasteiger partial charge in [-0.3, -0.25) is 4.79 Å². The van der Waals surface area contributed by atoms with E-state index in [9.17, 15) is 4.79 Å². The van der Waals surface area contributed by atoms with E-state index in [1.807, 2.05) is 7.05 Å². The van der Waals surface area contributed by atoms with E-state index in [1.54, 1.807) is 11.0 Å². The lowest BCUT2D eigenvalue weighted by Crippen LogP contribution is -2.46. The van der Waals surface area contributed by atoms with Gasteiger partial charge in [0.1, 0.15) is 10.8 Å². The maximum Gasteiger partial charge on any atom is 0.270 e. The molecule has 1 aliphatic rings. The van der Waals surface area contributed by atoms with Crippen molar-refractivity contribution in [3.63, 3.8) is 0 Å². The first-order valence-electron chi connectivity index (χ1n) is 6.55. The Bertz CT molecular complexity index is 441. The predicted molar refractivity (Wildman–Crippen MR) is 77.7 cm³/mol. The molecule has 1 saturated carbocycles. The lowest BCUT2D eigenvalue weighted by molar-refractivity contribution is 0.0615. The first-order valence-corrected chi connectivity index (χ1v) is 7.31.